The maximum Gasteiger partial charge on any atom is 0.326 e. The van der Waals surface area contributed by atoms with Crippen molar-refractivity contribution in [2.45, 2.75) is 13.0 Å². The van der Waals surface area contributed by atoms with Crippen LogP contribution in [0.2, 0.25) is 0 Å². The summed E-state index contributed by atoms with van der Waals surface area (Å²) in [6.07, 6.45) is 3.60. The number of nitrogens with zero attached hydrogens (tertiary/aromatic N) is 2. The molecule has 11 nitrogen and oxygen atoms in total. The minimum atomic E-state index is -1.40. The Hall–Kier alpha value is -4.46. The Morgan fingerprint density at radius 3 is 2.54 bits per heavy atom. The standard InChI is InChI=1S/C21H22F3N9O2/c22-14-6-16(24)17(7-15(14)23)31-21(35)33-20-30-10-13(18(34)32-20)11-2-3-12(29-8-11)9-27-4-1-5-28-19(25)26/h2-3,6-8,10,27H,1,4-5,9H2,(H4,25,26,28)(H3,30,31,32,33,34,35). The molecule has 0 saturated heterocycles. The fourth-order valence-corrected chi connectivity index (χ4v) is 2.89. The lowest BCUT2D eigenvalue weighted by molar-refractivity contribution is 0.262. The number of anilines is 2. The van der Waals surface area contributed by atoms with Crippen LogP contribution in [0.3, 0.4) is 0 Å². The molecule has 2 amide bonds. The predicted octanol–water partition coefficient (Wildman–Crippen LogP) is 1.86. The average molecular weight is 489 g/mol. The number of halogens is 3. The Balaban J connectivity index is 1.56. The van der Waals surface area contributed by atoms with Gasteiger partial charge >= 0.3 is 6.03 Å². The van der Waals surface area contributed by atoms with Gasteiger partial charge in [-0.05, 0) is 19.0 Å². The maximum absolute atomic E-state index is 13.7. The van der Waals surface area contributed by atoms with Crippen molar-refractivity contribution in [2.24, 2.45) is 5.73 Å². The zero-order valence-corrected chi connectivity index (χ0v) is 18.2. The number of guanidine groups is 1. The first-order chi connectivity index (χ1) is 16.7. The number of H-pyrrole nitrogens is 1. The number of nitrogens with one attached hydrogen (secondary N) is 6. The lowest BCUT2D eigenvalue weighted by Gasteiger charge is -2.09. The van der Waals surface area contributed by atoms with Gasteiger partial charge in [-0.25, -0.2) is 18.0 Å². The van der Waals surface area contributed by atoms with Crippen LogP contribution >= 0.6 is 0 Å². The molecule has 0 saturated carbocycles. The first kappa shape index (κ1) is 25.2. The summed E-state index contributed by atoms with van der Waals surface area (Å²) in [6, 6.07) is 3.19. The number of rotatable bonds is 9. The van der Waals surface area contributed by atoms with Crippen molar-refractivity contribution in [2.75, 3.05) is 23.7 Å². The summed E-state index contributed by atoms with van der Waals surface area (Å²) in [7, 11) is 0. The largest absolute Gasteiger partial charge is 0.370 e. The fraction of sp³-hybridized carbons (Fsp3) is 0.190. The molecule has 35 heavy (non-hydrogen) atoms. The Bertz CT molecular complexity index is 1270. The number of benzene rings is 1. The van der Waals surface area contributed by atoms with E-state index < -0.39 is 34.7 Å². The molecule has 0 atom stereocenters. The molecule has 0 fully saturated rings. The Kier molecular flexibility index (Phi) is 8.34. The van der Waals surface area contributed by atoms with Crippen molar-refractivity contribution in [3.8, 4) is 11.1 Å². The van der Waals surface area contributed by atoms with Crippen molar-refractivity contribution in [1.82, 2.24) is 25.6 Å². The molecule has 8 N–H and O–H groups in total. The van der Waals surface area contributed by atoms with Crippen molar-refractivity contribution >= 4 is 23.6 Å². The van der Waals surface area contributed by atoms with Crippen LogP contribution < -0.4 is 32.6 Å². The van der Waals surface area contributed by atoms with Gasteiger partial charge in [0.15, 0.2) is 17.6 Å². The molecular weight excluding hydrogens is 467 g/mol. The lowest BCUT2D eigenvalue weighted by atomic mass is 10.1. The third-order valence-corrected chi connectivity index (χ3v) is 4.57. The normalized spacial score (nSPS) is 10.6. The van der Waals surface area contributed by atoms with Gasteiger partial charge in [0, 0.05) is 43.2 Å². The zero-order valence-electron chi connectivity index (χ0n) is 18.2. The Morgan fingerprint density at radius 2 is 1.86 bits per heavy atom. The second-order valence-electron chi connectivity index (χ2n) is 7.20. The number of aromatic amines is 1. The van der Waals surface area contributed by atoms with E-state index in [-0.39, 0.29) is 17.5 Å². The third-order valence-electron chi connectivity index (χ3n) is 4.57. The van der Waals surface area contributed by atoms with Gasteiger partial charge in [0.25, 0.3) is 5.56 Å². The summed E-state index contributed by atoms with van der Waals surface area (Å²) < 4.78 is 39.9. The number of amides is 2. The SMILES string of the molecule is N=C(N)NCCCNCc1ccc(-c2c[nH]c(NC(=O)Nc3cc(F)c(F)cc3F)nc2=O)cn1. The summed E-state index contributed by atoms with van der Waals surface area (Å²) in [5, 5.41) is 17.2. The second kappa shape index (κ2) is 11.6. The molecule has 14 heteroatoms. The molecule has 0 aliphatic rings. The number of hydrogen-bond donors (Lipinski definition) is 7. The van der Waals surface area contributed by atoms with E-state index >= 15 is 0 Å². The fourth-order valence-electron chi connectivity index (χ4n) is 2.89. The van der Waals surface area contributed by atoms with Crippen LogP contribution in [0, 0.1) is 22.9 Å². The zero-order chi connectivity index (χ0) is 25.4. The number of carbonyl (C=O) groups excluding carboxylic acids is 1. The van der Waals surface area contributed by atoms with Crippen LogP contribution in [0.25, 0.3) is 11.1 Å². The predicted molar refractivity (Wildman–Crippen MR) is 123 cm³/mol. The first-order valence-corrected chi connectivity index (χ1v) is 10.3. The van der Waals surface area contributed by atoms with E-state index in [1.807, 2.05) is 5.32 Å². The highest BCUT2D eigenvalue weighted by Gasteiger charge is 2.14. The molecule has 3 aromatic rings. The summed E-state index contributed by atoms with van der Waals surface area (Å²) in [6.45, 7) is 1.78. The molecule has 3 rings (SSSR count). The number of pyridine rings is 1. The van der Waals surface area contributed by atoms with E-state index in [1.165, 1.54) is 12.4 Å². The van der Waals surface area contributed by atoms with Crippen LogP contribution in [0.5, 0.6) is 0 Å². The summed E-state index contributed by atoms with van der Waals surface area (Å²) in [5.41, 5.74) is 5.39. The molecule has 0 radical (unpaired) electrons. The topological polar surface area (TPSA) is 174 Å². The maximum atomic E-state index is 13.7. The minimum absolute atomic E-state index is 0.0733. The van der Waals surface area contributed by atoms with Gasteiger partial charge < -0.3 is 26.7 Å². The van der Waals surface area contributed by atoms with Gasteiger partial charge in [-0.1, -0.05) is 6.07 Å². The highest BCUT2D eigenvalue weighted by molar-refractivity contribution is 5.98. The highest BCUT2D eigenvalue weighted by atomic mass is 19.2. The van der Waals surface area contributed by atoms with E-state index in [4.69, 9.17) is 11.1 Å². The number of carbonyl (C=O) groups is 1. The second-order valence-corrected chi connectivity index (χ2v) is 7.20. The Labute approximate surface area is 196 Å². The smallest absolute Gasteiger partial charge is 0.326 e. The lowest BCUT2D eigenvalue weighted by Crippen LogP contribution is -2.32. The van der Waals surface area contributed by atoms with Crippen LogP contribution in [0.1, 0.15) is 12.1 Å². The number of nitrogens with two attached hydrogens (primary N) is 1. The molecular formula is C21H22F3N9O2. The molecule has 0 unspecified atom stereocenters. The molecule has 2 heterocycles. The summed E-state index contributed by atoms with van der Waals surface area (Å²) in [5.74, 6) is -4.22. The van der Waals surface area contributed by atoms with Crippen LogP contribution in [-0.2, 0) is 6.54 Å². The summed E-state index contributed by atoms with van der Waals surface area (Å²) in [4.78, 5) is 35.0. The highest BCUT2D eigenvalue weighted by Crippen LogP contribution is 2.19. The molecule has 0 spiro atoms. The molecule has 184 valence electrons. The van der Waals surface area contributed by atoms with E-state index in [0.29, 0.717) is 37.3 Å². The Morgan fingerprint density at radius 1 is 1.09 bits per heavy atom. The van der Waals surface area contributed by atoms with Crippen LogP contribution in [0.15, 0.2) is 41.5 Å². The van der Waals surface area contributed by atoms with E-state index in [0.717, 1.165) is 12.1 Å². The molecule has 0 aliphatic carbocycles. The minimum Gasteiger partial charge on any atom is -0.370 e. The van der Waals surface area contributed by atoms with Gasteiger partial charge in [0.05, 0.1) is 16.9 Å². The van der Waals surface area contributed by atoms with Crippen LogP contribution in [-0.4, -0.2) is 40.0 Å². The van der Waals surface area contributed by atoms with Gasteiger partial charge in [-0.2, -0.15) is 4.98 Å². The molecule has 2 aromatic heterocycles. The van der Waals surface area contributed by atoms with Crippen molar-refractivity contribution < 1.29 is 18.0 Å². The molecule has 0 bridgehead atoms. The van der Waals surface area contributed by atoms with E-state index in [2.05, 4.69) is 30.9 Å². The van der Waals surface area contributed by atoms with Gasteiger partial charge in [0.2, 0.25) is 5.95 Å². The van der Waals surface area contributed by atoms with Crippen molar-refractivity contribution in [1.29, 1.82) is 5.41 Å². The van der Waals surface area contributed by atoms with E-state index in [1.54, 1.807) is 12.1 Å². The average Bonchev–Trinajstić information content (AvgIpc) is 2.80. The third kappa shape index (κ3) is 7.26. The van der Waals surface area contributed by atoms with Crippen molar-refractivity contribution in [3.05, 3.63) is 70.2 Å². The number of hydrogen-bond acceptors (Lipinski definition) is 6. The molecule has 0 aliphatic heterocycles. The number of urea groups is 1. The van der Waals surface area contributed by atoms with Crippen LogP contribution in [0.4, 0.5) is 29.6 Å². The number of aromatic nitrogens is 3. The van der Waals surface area contributed by atoms with E-state index in [9.17, 15) is 22.8 Å². The first-order valence-electron chi connectivity index (χ1n) is 10.3. The van der Waals surface area contributed by atoms with Gasteiger partial charge in [-0.3, -0.25) is 20.5 Å². The molecule has 1 aromatic carbocycles. The monoisotopic (exact) mass is 489 g/mol. The van der Waals surface area contributed by atoms with Crippen molar-refractivity contribution in [3.63, 3.8) is 0 Å². The quantitative estimate of drug-likeness (QED) is 0.104. The van der Waals surface area contributed by atoms with Gasteiger partial charge in [0.1, 0.15) is 5.82 Å². The van der Waals surface area contributed by atoms with Gasteiger partial charge in [-0.15, -0.1) is 0 Å². The summed E-state index contributed by atoms with van der Waals surface area (Å²) >= 11 is 0.